The molecular weight excluding hydrogens is 783 g/mol. The first-order chi connectivity index (χ1) is 26.8. The van der Waals surface area contributed by atoms with Gasteiger partial charge in [-0.2, -0.15) is 0 Å². The Balaban J connectivity index is 0.00000585. The summed E-state index contributed by atoms with van der Waals surface area (Å²) in [7, 11) is 0. The summed E-state index contributed by atoms with van der Waals surface area (Å²) >= 11 is 0. The molecule has 0 bridgehead atoms. The van der Waals surface area contributed by atoms with Gasteiger partial charge in [0.05, 0.1) is 11.5 Å². The van der Waals surface area contributed by atoms with Gasteiger partial charge in [-0.15, -0.1) is 0 Å². The number of ether oxygens (including phenoxy) is 4. The number of carboxylic acids is 3. The minimum absolute atomic E-state index is 0. The van der Waals surface area contributed by atoms with Crippen LogP contribution < -0.4 is 29.6 Å². The van der Waals surface area contributed by atoms with E-state index in [9.17, 15) is 60.0 Å². The van der Waals surface area contributed by atoms with Crippen LogP contribution in [0.25, 0.3) is 0 Å². The van der Waals surface area contributed by atoms with Crippen LogP contribution in [0.4, 0.5) is 0 Å². The molecule has 0 radical (unpaired) electrons. The average Bonchev–Trinajstić information content (AvgIpc) is 3.13. The summed E-state index contributed by atoms with van der Waals surface area (Å²) < 4.78 is 23.4. The molecule has 8 N–H and O–H groups in total. The number of carbonyl (C=O) groups excluding carboxylic acids is 1. The molecule has 5 aliphatic carbocycles. The van der Waals surface area contributed by atoms with Crippen molar-refractivity contribution < 1.29 is 109 Å². The normalized spacial score (nSPS) is 51.7. The fraction of sp³-hybridized carbons (Fsp3) is 0.857. The van der Waals surface area contributed by atoms with Crippen LogP contribution in [0.3, 0.4) is 0 Å². The summed E-state index contributed by atoms with van der Waals surface area (Å²) in [6, 6.07) is 0. The predicted molar refractivity (Wildman–Crippen MR) is 199 cm³/mol. The van der Waals surface area contributed by atoms with Crippen molar-refractivity contribution in [3.05, 3.63) is 11.6 Å². The minimum Gasteiger partial charge on any atom is -0.481 e. The molecule has 4 saturated carbocycles. The van der Waals surface area contributed by atoms with Crippen molar-refractivity contribution in [2.45, 2.75) is 174 Å². The quantitative estimate of drug-likeness (QED) is 0.116. The minimum atomic E-state index is -2.05. The Kier molecular flexibility index (Phi) is 12.4. The number of ketones is 1. The van der Waals surface area contributed by atoms with E-state index in [2.05, 4.69) is 27.7 Å². The first-order valence-electron chi connectivity index (χ1n) is 20.7. The average molecular weight is 846 g/mol. The van der Waals surface area contributed by atoms with Crippen molar-refractivity contribution in [3.63, 3.8) is 0 Å². The van der Waals surface area contributed by atoms with Crippen LogP contribution in [-0.2, 0) is 38.1 Å². The van der Waals surface area contributed by atoms with Crippen LogP contribution in [0.15, 0.2) is 11.6 Å². The molecule has 7 rings (SSSR count). The first kappa shape index (κ1) is 47.0. The second-order valence-electron chi connectivity index (χ2n) is 20.6. The molecular formula is C42H62NaO16+. The third-order valence-electron chi connectivity index (χ3n) is 17.2. The van der Waals surface area contributed by atoms with Gasteiger partial charge in [-0.1, -0.05) is 47.1 Å². The van der Waals surface area contributed by atoms with E-state index in [1.807, 2.05) is 26.8 Å². The van der Waals surface area contributed by atoms with Crippen LogP contribution in [-0.4, -0.2) is 132 Å². The van der Waals surface area contributed by atoms with E-state index in [-0.39, 0.29) is 63.9 Å². The van der Waals surface area contributed by atoms with E-state index in [0.29, 0.717) is 25.7 Å². The number of allylic oxidation sites excluding steroid dienone is 2. The molecule has 59 heavy (non-hydrogen) atoms. The number of carbonyl (C=O) groups is 4. The maximum atomic E-state index is 14.8. The van der Waals surface area contributed by atoms with Crippen molar-refractivity contribution in [2.24, 2.45) is 50.2 Å². The molecule has 0 amide bonds. The Morgan fingerprint density at radius 2 is 1.27 bits per heavy atom. The molecule has 19 atom stereocenters. The molecule has 17 heteroatoms. The Morgan fingerprint density at radius 1 is 0.695 bits per heavy atom. The molecule has 16 nitrogen and oxygen atoms in total. The van der Waals surface area contributed by atoms with Gasteiger partial charge in [-0.3, -0.25) is 9.59 Å². The molecule has 9 unspecified atom stereocenters. The largest absolute Gasteiger partial charge is 1.00 e. The molecule has 2 aliphatic heterocycles. The van der Waals surface area contributed by atoms with E-state index in [1.165, 1.54) is 0 Å². The number of fused-ring (bicyclic) bond motifs is 7. The molecule has 0 aromatic heterocycles. The van der Waals surface area contributed by atoms with Crippen molar-refractivity contribution in [1.29, 1.82) is 0 Å². The fourth-order valence-electron chi connectivity index (χ4n) is 13.4. The van der Waals surface area contributed by atoms with Gasteiger partial charge < -0.3 is 59.8 Å². The third kappa shape index (κ3) is 7.02. The van der Waals surface area contributed by atoms with Gasteiger partial charge in [-0.25, -0.2) is 9.59 Å². The van der Waals surface area contributed by atoms with Crippen LogP contribution in [0.1, 0.15) is 106 Å². The summed E-state index contributed by atoms with van der Waals surface area (Å²) in [5, 5.41) is 83.0. The van der Waals surface area contributed by atoms with Gasteiger partial charge in [0.2, 0.25) is 0 Å². The fourth-order valence-corrected chi connectivity index (χ4v) is 13.4. The summed E-state index contributed by atoms with van der Waals surface area (Å²) in [5.41, 5.74) is -1.81. The number of carboxylic acid groups (broad SMARTS) is 3. The Labute approximate surface area is 366 Å². The molecule has 7 aliphatic rings. The van der Waals surface area contributed by atoms with E-state index >= 15 is 0 Å². The van der Waals surface area contributed by atoms with Crippen molar-refractivity contribution in [2.75, 3.05) is 0 Å². The van der Waals surface area contributed by atoms with Crippen molar-refractivity contribution >= 4 is 23.7 Å². The molecule has 326 valence electrons. The Hall–Kier alpha value is -1.54. The van der Waals surface area contributed by atoms with E-state index in [0.717, 1.165) is 37.7 Å². The standard InChI is InChI=1S/C42H62O16.Na/c1-37(2)21-8-11-42(7)31(20(43)16-18-19-17-39(4,36(53)54)13-12-38(19,3)14-15-41(18,42)6)40(21,5)10-9-22(37)55-35-30(26(47)25(46)29(57-35)33(51)52)58-34-27(48)23(44)24(45)28(56-34)32(49)50;/h16,19,21-31,34-35,44-48H,8-15,17H2,1-7H3,(H,49,50)(H,51,52)(H,53,54);/q;+1/t19-,21-,22-,23?,24?,25?,26?,27?,28-,29-,30+,31+,34-,35-,38?,39-,40?,41?,42?;/m0./s1. The third-order valence-corrected chi connectivity index (χ3v) is 17.2. The monoisotopic (exact) mass is 845 g/mol. The molecule has 2 saturated heterocycles. The van der Waals surface area contributed by atoms with Gasteiger partial charge >= 0.3 is 47.5 Å². The summed E-state index contributed by atoms with van der Waals surface area (Å²) in [4.78, 5) is 51.3. The molecule has 0 spiro atoms. The molecule has 0 aromatic carbocycles. The van der Waals surface area contributed by atoms with Crippen LogP contribution in [0, 0.1) is 50.2 Å². The number of aliphatic carboxylic acids is 3. The number of aliphatic hydroxyl groups excluding tert-OH is 5. The van der Waals surface area contributed by atoms with Gasteiger partial charge in [-0.05, 0) is 110 Å². The van der Waals surface area contributed by atoms with Gasteiger partial charge in [0.25, 0.3) is 0 Å². The number of hydrogen-bond acceptors (Lipinski definition) is 13. The van der Waals surface area contributed by atoms with E-state index in [4.69, 9.17) is 18.9 Å². The molecule has 0 aromatic rings. The zero-order chi connectivity index (χ0) is 42.9. The van der Waals surface area contributed by atoms with Crippen molar-refractivity contribution in [1.82, 2.24) is 0 Å². The maximum Gasteiger partial charge on any atom is 1.00 e. The summed E-state index contributed by atoms with van der Waals surface area (Å²) in [6.07, 6.45) is -12.2. The number of aliphatic hydroxyl groups is 5. The Bertz CT molecular complexity index is 1740. The second kappa shape index (κ2) is 15.6. The van der Waals surface area contributed by atoms with Crippen LogP contribution >= 0.6 is 0 Å². The van der Waals surface area contributed by atoms with Gasteiger partial charge in [0.15, 0.2) is 30.6 Å². The van der Waals surface area contributed by atoms with Gasteiger partial charge in [0, 0.05) is 5.92 Å². The van der Waals surface area contributed by atoms with E-state index in [1.54, 1.807) is 0 Å². The zero-order valence-electron chi connectivity index (χ0n) is 35.4. The SMILES string of the molecule is CC12CCC3(C)C(=CC(=O)[C@@H]4C5(C)CC[C@H](O[C@H]6O[C@H](C(=O)O)C(O)C(O)[C@H]6O[C@@H]6O[C@H](C(=O)O)C(O)C(O)C6O)C(C)(C)[C@@H]5CCC43C)[C@@H]1C[C@@](C)(C(=O)O)CC2.[Na+]. The predicted octanol–water partition coefficient (Wildman–Crippen LogP) is -0.750. The maximum absolute atomic E-state index is 14.8. The topological polar surface area (TPSA) is 267 Å². The Morgan fingerprint density at radius 3 is 1.86 bits per heavy atom. The van der Waals surface area contributed by atoms with Crippen LogP contribution in [0.2, 0.25) is 0 Å². The summed E-state index contributed by atoms with van der Waals surface area (Å²) in [6.45, 7) is 14.8. The molecule has 2 heterocycles. The number of rotatable bonds is 7. The number of hydrogen-bond donors (Lipinski definition) is 8. The van der Waals surface area contributed by atoms with E-state index < -0.39 is 107 Å². The van der Waals surface area contributed by atoms with Gasteiger partial charge in [0.1, 0.15) is 36.6 Å². The zero-order valence-corrected chi connectivity index (χ0v) is 37.4. The van der Waals surface area contributed by atoms with Crippen molar-refractivity contribution in [3.8, 4) is 0 Å². The smallest absolute Gasteiger partial charge is 0.481 e. The first-order valence-corrected chi connectivity index (χ1v) is 20.7. The molecule has 6 fully saturated rings. The second-order valence-corrected chi connectivity index (χ2v) is 20.6. The summed E-state index contributed by atoms with van der Waals surface area (Å²) in [5.74, 6) is -4.47. The van der Waals surface area contributed by atoms with Crippen LogP contribution in [0.5, 0.6) is 0 Å².